The van der Waals surface area contributed by atoms with Crippen LogP contribution in [0.25, 0.3) is 16.7 Å². The van der Waals surface area contributed by atoms with Crippen LogP contribution in [-0.2, 0) is 19.4 Å². The minimum absolute atomic E-state index is 0.133. The second-order valence-corrected chi connectivity index (χ2v) is 7.78. The molecule has 0 spiro atoms. The topological polar surface area (TPSA) is 104 Å². The zero-order valence-corrected chi connectivity index (χ0v) is 18.3. The van der Waals surface area contributed by atoms with Crippen molar-refractivity contribution < 1.29 is 9.90 Å². The second kappa shape index (κ2) is 9.32. The lowest BCUT2D eigenvalue weighted by Crippen LogP contribution is -2.33. The standard InChI is InChI=1S/C24H27N5O3/c1-3-7-21-26-27-22-23(31)25-19-14-17(10-11-20(19)29(21)22)24(32)28(12-13-30)15-18-9-6-5-8-16(18)4-2/h5-6,8-11,14,30H,3-4,7,12-13,15H2,1-2H3,(H,25,31). The van der Waals surface area contributed by atoms with Gasteiger partial charge in [0.1, 0.15) is 5.82 Å². The van der Waals surface area contributed by atoms with E-state index in [1.54, 1.807) is 21.4 Å². The van der Waals surface area contributed by atoms with Crippen LogP contribution in [0.5, 0.6) is 0 Å². The SMILES string of the molecule is CCCc1nnc2c(=O)[nH]c3cc(C(=O)N(CCO)Cc4ccccc4CC)ccc3n12. The molecule has 8 nitrogen and oxygen atoms in total. The number of amides is 1. The van der Waals surface area contributed by atoms with Crippen LogP contribution in [0.4, 0.5) is 0 Å². The first-order valence-electron chi connectivity index (χ1n) is 10.9. The highest BCUT2D eigenvalue weighted by Gasteiger charge is 2.19. The monoisotopic (exact) mass is 433 g/mol. The lowest BCUT2D eigenvalue weighted by Gasteiger charge is -2.23. The first-order chi connectivity index (χ1) is 15.6. The Morgan fingerprint density at radius 3 is 2.62 bits per heavy atom. The Kier molecular flexibility index (Phi) is 6.32. The third kappa shape index (κ3) is 4.01. The molecule has 0 aliphatic rings. The zero-order chi connectivity index (χ0) is 22.7. The summed E-state index contributed by atoms with van der Waals surface area (Å²) >= 11 is 0. The molecular weight excluding hydrogens is 406 g/mol. The van der Waals surface area contributed by atoms with E-state index in [1.807, 2.05) is 31.2 Å². The van der Waals surface area contributed by atoms with Gasteiger partial charge in [-0.15, -0.1) is 10.2 Å². The van der Waals surface area contributed by atoms with Crippen LogP contribution in [0, 0.1) is 0 Å². The molecule has 1 amide bonds. The van der Waals surface area contributed by atoms with Gasteiger partial charge < -0.3 is 15.0 Å². The molecule has 0 saturated carbocycles. The van der Waals surface area contributed by atoms with Crippen molar-refractivity contribution in [3.8, 4) is 0 Å². The van der Waals surface area contributed by atoms with E-state index in [9.17, 15) is 14.7 Å². The Labute approximate surface area is 185 Å². The van der Waals surface area contributed by atoms with Crippen molar-refractivity contribution in [3.63, 3.8) is 0 Å². The van der Waals surface area contributed by atoms with Gasteiger partial charge in [0.2, 0.25) is 5.65 Å². The van der Waals surface area contributed by atoms with Crippen molar-refractivity contribution in [1.82, 2.24) is 24.5 Å². The molecule has 32 heavy (non-hydrogen) atoms. The number of rotatable bonds is 8. The Morgan fingerprint density at radius 1 is 1.12 bits per heavy atom. The van der Waals surface area contributed by atoms with E-state index in [0.717, 1.165) is 29.7 Å². The van der Waals surface area contributed by atoms with Gasteiger partial charge >= 0.3 is 0 Å². The summed E-state index contributed by atoms with van der Waals surface area (Å²) in [7, 11) is 0. The fourth-order valence-electron chi connectivity index (χ4n) is 4.06. The smallest absolute Gasteiger partial charge is 0.294 e. The summed E-state index contributed by atoms with van der Waals surface area (Å²) in [5, 5.41) is 17.7. The Morgan fingerprint density at radius 2 is 1.91 bits per heavy atom. The van der Waals surface area contributed by atoms with Gasteiger partial charge in [0.15, 0.2) is 0 Å². The molecule has 2 heterocycles. The molecule has 2 aromatic carbocycles. The quantitative estimate of drug-likeness (QED) is 0.445. The number of carbonyl (C=O) groups is 1. The molecule has 4 rings (SSSR count). The number of hydrogen-bond donors (Lipinski definition) is 2. The first-order valence-corrected chi connectivity index (χ1v) is 10.9. The number of H-pyrrole nitrogens is 1. The van der Waals surface area contributed by atoms with Gasteiger partial charge in [-0.1, -0.05) is 38.1 Å². The number of aryl methyl sites for hydroxylation is 2. The molecule has 0 fully saturated rings. The molecule has 8 heteroatoms. The number of benzene rings is 2. The molecule has 0 unspecified atom stereocenters. The maximum absolute atomic E-state index is 13.3. The van der Waals surface area contributed by atoms with Crippen molar-refractivity contribution in [2.24, 2.45) is 0 Å². The number of nitrogens with zero attached hydrogens (tertiary/aromatic N) is 4. The van der Waals surface area contributed by atoms with E-state index in [1.165, 1.54) is 5.56 Å². The van der Waals surface area contributed by atoms with Gasteiger partial charge in [-0.05, 0) is 42.2 Å². The lowest BCUT2D eigenvalue weighted by molar-refractivity contribution is 0.0707. The number of aromatic amines is 1. The minimum atomic E-state index is -0.346. The van der Waals surface area contributed by atoms with Crippen LogP contribution < -0.4 is 5.56 Å². The predicted octanol–water partition coefficient (Wildman–Crippen LogP) is 2.72. The normalized spacial score (nSPS) is 11.3. The van der Waals surface area contributed by atoms with Crippen molar-refractivity contribution in [2.45, 2.75) is 39.7 Å². The highest BCUT2D eigenvalue weighted by Crippen LogP contribution is 2.19. The molecule has 0 radical (unpaired) electrons. The van der Waals surface area contributed by atoms with Crippen LogP contribution >= 0.6 is 0 Å². The van der Waals surface area contributed by atoms with Crippen LogP contribution in [0.2, 0.25) is 0 Å². The summed E-state index contributed by atoms with van der Waals surface area (Å²) in [6.45, 7) is 4.61. The largest absolute Gasteiger partial charge is 0.395 e. The van der Waals surface area contributed by atoms with Crippen molar-refractivity contribution in [3.05, 3.63) is 75.3 Å². The zero-order valence-electron chi connectivity index (χ0n) is 18.3. The van der Waals surface area contributed by atoms with Gasteiger partial charge in [-0.2, -0.15) is 0 Å². The van der Waals surface area contributed by atoms with E-state index >= 15 is 0 Å². The Bertz CT molecular complexity index is 1320. The number of aromatic nitrogens is 4. The van der Waals surface area contributed by atoms with Crippen LogP contribution in [0.3, 0.4) is 0 Å². The summed E-state index contributed by atoms with van der Waals surface area (Å²) in [4.78, 5) is 30.3. The average molecular weight is 434 g/mol. The number of aliphatic hydroxyl groups excluding tert-OH is 1. The molecule has 0 aliphatic heterocycles. The lowest BCUT2D eigenvalue weighted by atomic mass is 10.0. The Hall–Kier alpha value is -3.52. The summed E-state index contributed by atoms with van der Waals surface area (Å²) in [5.74, 6) is 0.515. The molecule has 2 N–H and O–H groups in total. The molecular formula is C24H27N5O3. The highest BCUT2D eigenvalue weighted by atomic mass is 16.3. The highest BCUT2D eigenvalue weighted by molar-refractivity contribution is 5.97. The van der Waals surface area contributed by atoms with Crippen LogP contribution in [0.15, 0.2) is 47.3 Å². The van der Waals surface area contributed by atoms with Crippen LogP contribution in [0.1, 0.15) is 47.6 Å². The average Bonchev–Trinajstić information content (AvgIpc) is 3.23. The minimum Gasteiger partial charge on any atom is -0.395 e. The van der Waals surface area contributed by atoms with Crippen molar-refractivity contribution >= 4 is 22.6 Å². The predicted molar refractivity (Wildman–Crippen MR) is 123 cm³/mol. The maximum atomic E-state index is 13.3. The second-order valence-electron chi connectivity index (χ2n) is 7.78. The summed E-state index contributed by atoms with van der Waals surface area (Å²) in [5.41, 5.74) is 3.86. The number of aliphatic hydroxyl groups is 1. The molecule has 2 aromatic heterocycles. The molecule has 0 saturated heterocycles. The van der Waals surface area contributed by atoms with Gasteiger partial charge in [0.05, 0.1) is 17.6 Å². The molecule has 4 aromatic rings. The molecule has 166 valence electrons. The van der Waals surface area contributed by atoms with E-state index in [4.69, 9.17) is 0 Å². The van der Waals surface area contributed by atoms with Gasteiger partial charge in [0, 0.05) is 25.1 Å². The molecule has 0 bridgehead atoms. The number of carbonyl (C=O) groups excluding carboxylic acids is 1. The fourth-order valence-corrected chi connectivity index (χ4v) is 4.06. The van der Waals surface area contributed by atoms with Crippen molar-refractivity contribution in [1.29, 1.82) is 0 Å². The van der Waals surface area contributed by atoms with E-state index in [0.29, 0.717) is 24.0 Å². The third-order valence-corrected chi connectivity index (χ3v) is 5.66. The number of fused-ring (bicyclic) bond motifs is 3. The van der Waals surface area contributed by atoms with Gasteiger partial charge in [-0.3, -0.25) is 14.0 Å². The Balaban J connectivity index is 1.74. The number of nitrogens with one attached hydrogen (secondary N) is 1. The summed E-state index contributed by atoms with van der Waals surface area (Å²) in [6, 6.07) is 13.2. The van der Waals surface area contributed by atoms with E-state index in [-0.39, 0.29) is 30.3 Å². The van der Waals surface area contributed by atoms with Crippen molar-refractivity contribution in [2.75, 3.05) is 13.2 Å². The maximum Gasteiger partial charge on any atom is 0.294 e. The van der Waals surface area contributed by atoms with E-state index in [2.05, 4.69) is 28.2 Å². The summed E-state index contributed by atoms with van der Waals surface area (Å²) < 4.78 is 1.76. The first kappa shape index (κ1) is 21.7. The third-order valence-electron chi connectivity index (χ3n) is 5.66. The molecule has 0 atom stereocenters. The van der Waals surface area contributed by atoms with Crippen LogP contribution in [-0.4, -0.2) is 48.6 Å². The fraction of sp³-hybridized carbons (Fsp3) is 0.333. The molecule has 0 aliphatic carbocycles. The number of hydrogen-bond acceptors (Lipinski definition) is 5. The van der Waals surface area contributed by atoms with Gasteiger partial charge in [0.25, 0.3) is 11.5 Å². The summed E-state index contributed by atoms with van der Waals surface area (Å²) in [6.07, 6.45) is 2.44. The van der Waals surface area contributed by atoms with E-state index < -0.39 is 0 Å². The van der Waals surface area contributed by atoms with Gasteiger partial charge in [-0.25, -0.2) is 0 Å².